The molecule has 2 aromatic carbocycles. The van der Waals surface area contributed by atoms with Crippen molar-refractivity contribution in [3.8, 4) is 11.5 Å². The fourth-order valence-corrected chi connectivity index (χ4v) is 2.04. The Morgan fingerprint density at radius 2 is 1.50 bits per heavy atom. The molecule has 2 rings (SSSR count). The summed E-state index contributed by atoms with van der Waals surface area (Å²) >= 11 is 17.3. The maximum absolute atomic E-state index is 5.77. The van der Waals surface area contributed by atoms with E-state index in [4.69, 9.17) is 39.5 Å². The lowest BCUT2D eigenvalue weighted by Crippen LogP contribution is -2.06. The van der Waals surface area contributed by atoms with Crippen LogP contribution in [0.3, 0.4) is 0 Å². The minimum atomic E-state index is -1.29. The van der Waals surface area contributed by atoms with Crippen molar-refractivity contribution in [2.45, 2.75) is 10.2 Å². The summed E-state index contributed by atoms with van der Waals surface area (Å²) in [4.78, 5) is 0. The third kappa shape index (κ3) is 4.41. The lowest BCUT2D eigenvalue weighted by molar-refractivity contribution is 0.482. The van der Waals surface area contributed by atoms with Crippen molar-refractivity contribution in [3.05, 3.63) is 60.2 Å². The Bertz CT molecular complexity index is 506. The number of para-hydroxylation sites is 1. The molecule has 2 aromatic rings. The first-order valence-electron chi connectivity index (χ1n) is 5.41. The van der Waals surface area contributed by atoms with Crippen LogP contribution in [-0.4, -0.2) is 3.79 Å². The van der Waals surface area contributed by atoms with E-state index in [0.717, 1.165) is 17.1 Å². The lowest BCUT2D eigenvalue weighted by Gasteiger charge is -2.12. The number of hydrogen-bond donors (Lipinski definition) is 0. The van der Waals surface area contributed by atoms with E-state index >= 15 is 0 Å². The number of ether oxygens (including phenoxy) is 1. The average molecular weight is 302 g/mol. The van der Waals surface area contributed by atoms with Gasteiger partial charge in [0, 0.05) is 6.42 Å². The Balaban J connectivity index is 2.13. The minimum Gasteiger partial charge on any atom is -0.457 e. The van der Waals surface area contributed by atoms with Crippen molar-refractivity contribution < 1.29 is 4.74 Å². The molecule has 4 heteroatoms. The van der Waals surface area contributed by atoms with Gasteiger partial charge in [-0.3, -0.25) is 0 Å². The molecule has 0 unspecified atom stereocenters. The van der Waals surface area contributed by atoms with Crippen molar-refractivity contribution in [2.75, 3.05) is 0 Å². The molecule has 18 heavy (non-hydrogen) atoms. The highest BCUT2D eigenvalue weighted by Crippen LogP contribution is 2.31. The van der Waals surface area contributed by atoms with E-state index in [1.807, 2.05) is 54.6 Å². The van der Waals surface area contributed by atoms with Gasteiger partial charge >= 0.3 is 0 Å². The zero-order chi connectivity index (χ0) is 13.0. The highest BCUT2D eigenvalue weighted by Gasteiger charge is 2.20. The van der Waals surface area contributed by atoms with Gasteiger partial charge in [-0.15, -0.1) is 0 Å². The van der Waals surface area contributed by atoms with Gasteiger partial charge in [0.1, 0.15) is 11.5 Å². The third-order valence-electron chi connectivity index (χ3n) is 2.28. The monoisotopic (exact) mass is 300 g/mol. The molecule has 0 radical (unpaired) electrons. The molecule has 0 spiro atoms. The SMILES string of the molecule is ClC(Cl)(Cl)Cc1cccc(Oc2ccccc2)c1. The van der Waals surface area contributed by atoms with Crippen LogP contribution >= 0.6 is 34.8 Å². The molecule has 0 saturated carbocycles. The molecule has 0 bridgehead atoms. The van der Waals surface area contributed by atoms with E-state index in [2.05, 4.69) is 0 Å². The molecule has 0 aliphatic carbocycles. The Hall–Kier alpha value is -0.890. The maximum Gasteiger partial charge on any atom is 0.194 e. The van der Waals surface area contributed by atoms with Crippen molar-refractivity contribution in [1.29, 1.82) is 0 Å². The van der Waals surface area contributed by atoms with Gasteiger partial charge in [-0.2, -0.15) is 0 Å². The van der Waals surface area contributed by atoms with Crippen molar-refractivity contribution in [3.63, 3.8) is 0 Å². The smallest absolute Gasteiger partial charge is 0.194 e. The van der Waals surface area contributed by atoms with E-state index in [0.29, 0.717) is 6.42 Å². The maximum atomic E-state index is 5.77. The van der Waals surface area contributed by atoms with E-state index in [-0.39, 0.29) is 0 Å². The molecule has 94 valence electrons. The fourth-order valence-electron chi connectivity index (χ4n) is 1.58. The number of halogens is 3. The van der Waals surface area contributed by atoms with Crippen LogP contribution in [-0.2, 0) is 6.42 Å². The standard InChI is InChI=1S/C14H11Cl3O/c15-14(16,17)10-11-5-4-8-13(9-11)18-12-6-2-1-3-7-12/h1-9H,10H2. The van der Waals surface area contributed by atoms with Crippen molar-refractivity contribution >= 4 is 34.8 Å². The van der Waals surface area contributed by atoms with Crippen LogP contribution < -0.4 is 4.74 Å². The molecule has 0 atom stereocenters. The number of benzene rings is 2. The van der Waals surface area contributed by atoms with Crippen LogP contribution in [0.2, 0.25) is 0 Å². The predicted molar refractivity (Wildman–Crippen MR) is 77.0 cm³/mol. The van der Waals surface area contributed by atoms with Gasteiger partial charge in [-0.05, 0) is 29.8 Å². The van der Waals surface area contributed by atoms with Gasteiger partial charge < -0.3 is 4.74 Å². The zero-order valence-corrected chi connectivity index (χ0v) is 11.7. The Kier molecular flexibility index (Phi) is 4.39. The second-order valence-corrected chi connectivity index (χ2v) is 6.37. The summed E-state index contributed by atoms with van der Waals surface area (Å²) in [6, 6.07) is 17.1. The molecular weight excluding hydrogens is 291 g/mol. The number of alkyl halides is 3. The van der Waals surface area contributed by atoms with E-state index in [9.17, 15) is 0 Å². The van der Waals surface area contributed by atoms with Crippen LogP contribution in [0.4, 0.5) is 0 Å². The highest BCUT2D eigenvalue weighted by atomic mass is 35.6. The van der Waals surface area contributed by atoms with Crippen LogP contribution in [0.25, 0.3) is 0 Å². The molecule has 0 aliphatic rings. The van der Waals surface area contributed by atoms with Gasteiger partial charge in [0.25, 0.3) is 0 Å². The van der Waals surface area contributed by atoms with E-state index < -0.39 is 3.79 Å². The molecule has 0 saturated heterocycles. The summed E-state index contributed by atoms with van der Waals surface area (Å²) in [7, 11) is 0. The Morgan fingerprint density at radius 3 is 2.17 bits per heavy atom. The lowest BCUT2D eigenvalue weighted by atomic mass is 10.1. The first kappa shape index (κ1) is 13.5. The number of hydrogen-bond acceptors (Lipinski definition) is 1. The molecule has 0 amide bonds. The van der Waals surface area contributed by atoms with Gasteiger partial charge in [-0.1, -0.05) is 65.1 Å². The number of rotatable bonds is 3. The molecule has 0 aromatic heterocycles. The first-order chi connectivity index (χ1) is 8.53. The van der Waals surface area contributed by atoms with Crippen molar-refractivity contribution in [1.82, 2.24) is 0 Å². The topological polar surface area (TPSA) is 9.23 Å². The van der Waals surface area contributed by atoms with E-state index in [1.54, 1.807) is 0 Å². The summed E-state index contributed by atoms with van der Waals surface area (Å²) in [6.07, 6.45) is 0.351. The van der Waals surface area contributed by atoms with Crippen molar-refractivity contribution in [2.24, 2.45) is 0 Å². The van der Waals surface area contributed by atoms with Crippen LogP contribution in [0, 0.1) is 0 Å². The average Bonchev–Trinajstić information content (AvgIpc) is 2.28. The molecule has 0 fully saturated rings. The molecule has 0 heterocycles. The second kappa shape index (κ2) is 5.83. The predicted octanol–water partition coefficient (Wildman–Crippen LogP) is 5.39. The van der Waals surface area contributed by atoms with Crippen LogP contribution in [0.1, 0.15) is 5.56 Å². The zero-order valence-electron chi connectivity index (χ0n) is 9.45. The molecule has 0 N–H and O–H groups in total. The second-order valence-electron chi connectivity index (χ2n) is 3.85. The minimum absolute atomic E-state index is 0.351. The quantitative estimate of drug-likeness (QED) is 0.690. The summed E-state index contributed by atoms with van der Waals surface area (Å²) in [6.45, 7) is 0. The largest absolute Gasteiger partial charge is 0.457 e. The van der Waals surface area contributed by atoms with Gasteiger partial charge in [0.2, 0.25) is 0 Å². The summed E-state index contributed by atoms with van der Waals surface area (Å²) < 4.78 is 4.42. The summed E-state index contributed by atoms with van der Waals surface area (Å²) in [5.41, 5.74) is 0.920. The van der Waals surface area contributed by atoms with Gasteiger partial charge in [0.15, 0.2) is 3.79 Å². The summed E-state index contributed by atoms with van der Waals surface area (Å²) in [5, 5.41) is 0. The van der Waals surface area contributed by atoms with Gasteiger partial charge in [0.05, 0.1) is 0 Å². The fraction of sp³-hybridized carbons (Fsp3) is 0.143. The molecule has 0 aliphatic heterocycles. The molecule has 1 nitrogen and oxygen atoms in total. The molecular formula is C14H11Cl3O. The van der Waals surface area contributed by atoms with E-state index in [1.165, 1.54) is 0 Å². The summed E-state index contributed by atoms with van der Waals surface area (Å²) in [5.74, 6) is 1.51. The Morgan fingerprint density at radius 1 is 0.833 bits per heavy atom. The Labute approximate surface area is 121 Å². The van der Waals surface area contributed by atoms with Crippen LogP contribution in [0.5, 0.6) is 11.5 Å². The van der Waals surface area contributed by atoms with Gasteiger partial charge in [-0.25, -0.2) is 0 Å². The van der Waals surface area contributed by atoms with Crippen LogP contribution in [0.15, 0.2) is 54.6 Å². The normalized spacial score (nSPS) is 11.3. The first-order valence-corrected chi connectivity index (χ1v) is 6.55. The third-order valence-corrected chi connectivity index (χ3v) is 2.68. The highest BCUT2D eigenvalue weighted by molar-refractivity contribution is 6.67.